The Morgan fingerprint density at radius 3 is 1.27 bits per heavy atom. The van der Waals surface area contributed by atoms with Crippen LogP contribution < -0.4 is 0 Å². The lowest BCUT2D eigenvalue weighted by molar-refractivity contribution is 1.09. The Kier molecular flexibility index (Phi) is 6.39. The Bertz CT molecular complexity index is 158. The third-order valence-corrected chi connectivity index (χ3v) is 1.31. The molecule has 1 rings (SSSR count). The zero-order valence-corrected chi connectivity index (χ0v) is 8.28. The number of rotatable bonds is 0. The van der Waals surface area contributed by atoms with Gasteiger partial charge < -0.3 is 0 Å². The van der Waals surface area contributed by atoms with Crippen molar-refractivity contribution in [3.63, 3.8) is 0 Å². The highest BCUT2D eigenvalue weighted by Crippen LogP contribution is 2.12. The van der Waals surface area contributed by atoms with Gasteiger partial charge in [-0.15, -0.1) is 0 Å². The van der Waals surface area contributed by atoms with Gasteiger partial charge >= 0.3 is 0 Å². The molecule has 0 aliphatic rings. The fraction of sp³-hybridized carbons (Fsp3) is 0.333. The second-order valence-electron chi connectivity index (χ2n) is 2.14. The molecule has 0 radical (unpaired) electrons. The summed E-state index contributed by atoms with van der Waals surface area (Å²) in [5.41, 5.74) is 0. The van der Waals surface area contributed by atoms with Gasteiger partial charge in [0.15, 0.2) is 0 Å². The summed E-state index contributed by atoms with van der Waals surface area (Å²) in [6.07, 6.45) is 1.25. The van der Waals surface area contributed by atoms with Crippen molar-refractivity contribution in [2.24, 2.45) is 0 Å². The second kappa shape index (κ2) is 6.51. The van der Waals surface area contributed by atoms with Gasteiger partial charge in [0.1, 0.15) is 0 Å². The fourth-order valence-electron chi connectivity index (χ4n) is 0.430. The van der Waals surface area contributed by atoms with Crippen molar-refractivity contribution in [1.29, 1.82) is 0 Å². The van der Waals surface area contributed by atoms with Crippen molar-refractivity contribution in [3.8, 4) is 0 Å². The van der Waals surface area contributed by atoms with Gasteiger partial charge in [-0.2, -0.15) is 0 Å². The number of hydrogen-bond donors (Lipinski definition) is 0. The van der Waals surface area contributed by atoms with Gasteiger partial charge in [-0.3, -0.25) is 0 Å². The van der Waals surface area contributed by atoms with Crippen LogP contribution in [-0.4, -0.2) is 0 Å². The van der Waals surface area contributed by atoms with Crippen molar-refractivity contribution in [2.75, 3.05) is 0 Å². The Morgan fingerprint density at radius 1 is 0.909 bits per heavy atom. The minimum Gasteiger partial charge on any atom is -0.0843 e. The van der Waals surface area contributed by atoms with Crippen LogP contribution in [0, 0.1) is 0 Å². The van der Waals surface area contributed by atoms with Gasteiger partial charge in [0.25, 0.3) is 0 Å². The van der Waals surface area contributed by atoms with Crippen LogP contribution in [0.15, 0.2) is 24.3 Å². The maximum atomic E-state index is 5.55. The molecule has 62 valence electrons. The molecule has 0 saturated heterocycles. The maximum Gasteiger partial charge on any atom is 0.0407 e. The molecule has 0 aromatic heterocycles. The first-order valence-electron chi connectivity index (χ1n) is 3.61. The fourth-order valence-corrected chi connectivity index (χ4v) is 0.682. The maximum absolute atomic E-state index is 5.55. The van der Waals surface area contributed by atoms with E-state index in [4.69, 9.17) is 23.2 Å². The molecule has 0 saturated carbocycles. The lowest BCUT2D eigenvalue weighted by Crippen LogP contribution is -1.60. The molecule has 0 amide bonds. The van der Waals surface area contributed by atoms with Crippen LogP contribution in [0.5, 0.6) is 0 Å². The summed E-state index contributed by atoms with van der Waals surface area (Å²) < 4.78 is 0. The molecule has 0 bridgehead atoms. The zero-order chi connectivity index (χ0) is 8.69. The largest absolute Gasteiger partial charge is 0.0843 e. The van der Waals surface area contributed by atoms with Crippen LogP contribution in [0.2, 0.25) is 10.0 Å². The van der Waals surface area contributed by atoms with Gasteiger partial charge in [-0.25, -0.2) is 0 Å². The molecule has 1 aromatic carbocycles. The second-order valence-corrected chi connectivity index (χ2v) is 3.02. The van der Waals surface area contributed by atoms with Crippen molar-refractivity contribution in [1.82, 2.24) is 0 Å². The lowest BCUT2D eigenvalue weighted by Gasteiger charge is -1.86. The third-order valence-electron chi connectivity index (χ3n) is 0.804. The van der Waals surface area contributed by atoms with Gasteiger partial charge in [0, 0.05) is 10.0 Å². The summed E-state index contributed by atoms with van der Waals surface area (Å²) in [6, 6.07) is 7.02. The molecule has 0 N–H and O–H groups in total. The van der Waals surface area contributed by atoms with Gasteiger partial charge in [0.2, 0.25) is 0 Å². The summed E-state index contributed by atoms with van der Waals surface area (Å²) in [6.45, 7) is 4.25. The highest BCUT2D eigenvalue weighted by molar-refractivity contribution is 6.32. The van der Waals surface area contributed by atoms with Crippen LogP contribution in [-0.2, 0) is 0 Å². The Balaban J connectivity index is 0.000000292. The van der Waals surface area contributed by atoms with E-state index in [0.29, 0.717) is 0 Å². The molecule has 0 heterocycles. The summed E-state index contributed by atoms with van der Waals surface area (Å²) in [5.74, 6) is 0. The van der Waals surface area contributed by atoms with Crippen molar-refractivity contribution in [2.45, 2.75) is 20.3 Å². The van der Waals surface area contributed by atoms with Crippen LogP contribution >= 0.6 is 23.2 Å². The molecular formula is C9H12Cl2. The Morgan fingerprint density at radius 2 is 1.09 bits per heavy atom. The first-order valence-corrected chi connectivity index (χ1v) is 4.37. The predicted molar refractivity (Wildman–Crippen MR) is 52.4 cm³/mol. The van der Waals surface area contributed by atoms with E-state index in [0.717, 1.165) is 10.0 Å². The topological polar surface area (TPSA) is 0 Å². The van der Waals surface area contributed by atoms with Gasteiger partial charge in [0.05, 0.1) is 0 Å². The monoisotopic (exact) mass is 190 g/mol. The van der Waals surface area contributed by atoms with E-state index in [1.165, 1.54) is 6.42 Å². The highest BCUT2D eigenvalue weighted by Gasteiger charge is 1.83. The van der Waals surface area contributed by atoms with E-state index >= 15 is 0 Å². The number of benzene rings is 1. The third kappa shape index (κ3) is 6.21. The number of halogens is 2. The van der Waals surface area contributed by atoms with E-state index < -0.39 is 0 Å². The van der Waals surface area contributed by atoms with Crippen LogP contribution in [0.3, 0.4) is 0 Å². The molecule has 0 nitrogen and oxygen atoms in total. The lowest BCUT2D eigenvalue weighted by atomic mass is 10.4. The molecule has 11 heavy (non-hydrogen) atoms. The molecule has 1 aromatic rings. The first kappa shape index (κ1) is 10.8. The normalized spacial score (nSPS) is 8.36. The van der Waals surface area contributed by atoms with Crippen LogP contribution in [0.25, 0.3) is 0 Å². The minimum atomic E-state index is 0.717. The smallest absolute Gasteiger partial charge is 0.0407 e. The molecule has 0 spiro atoms. The molecule has 2 heteroatoms. The van der Waals surface area contributed by atoms with Crippen molar-refractivity contribution in [3.05, 3.63) is 34.3 Å². The van der Waals surface area contributed by atoms with Crippen LogP contribution in [0.1, 0.15) is 20.3 Å². The van der Waals surface area contributed by atoms with Crippen LogP contribution in [0.4, 0.5) is 0 Å². The molecule has 0 aliphatic heterocycles. The predicted octanol–water partition coefficient (Wildman–Crippen LogP) is 4.41. The average molecular weight is 191 g/mol. The van der Waals surface area contributed by atoms with E-state index in [1.54, 1.807) is 24.3 Å². The standard InChI is InChI=1S/C6H4Cl2.C3H8/c7-5-1-2-6(8)4-3-5;1-3-2/h1-4H;3H2,1-2H3. The Labute approximate surface area is 78.1 Å². The van der Waals surface area contributed by atoms with E-state index in [-0.39, 0.29) is 0 Å². The summed E-state index contributed by atoms with van der Waals surface area (Å²) >= 11 is 11.1. The molecule has 0 unspecified atom stereocenters. The van der Waals surface area contributed by atoms with Gasteiger partial charge in [-0.05, 0) is 24.3 Å². The molecule has 0 atom stereocenters. The van der Waals surface area contributed by atoms with Crippen molar-refractivity contribution >= 4 is 23.2 Å². The van der Waals surface area contributed by atoms with E-state index in [9.17, 15) is 0 Å². The number of hydrogen-bond acceptors (Lipinski definition) is 0. The van der Waals surface area contributed by atoms with Crippen molar-refractivity contribution < 1.29 is 0 Å². The van der Waals surface area contributed by atoms with E-state index in [1.807, 2.05) is 0 Å². The first-order chi connectivity index (χ1) is 5.20. The molecular weight excluding hydrogens is 179 g/mol. The SMILES string of the molecule is CCC.Clc1ccc(Cl)cc1. The Hall–Kier alpha value is -0.200. The molecule has 0 aliphatic carbocycles. The quantitative estimate of drug-likeness (QED) is 0.569. The van der Waals surface area contributed by atoms with Gasteiger partial charge in [-0.1, -0.05) is 43.5 Å². The summed E-state index contributed by atoms with van der Waals surface area (Å²) in [7, 11) is 0. The summed E-state index contributed by atoms with van der Waals surface area (Å²) in [4.78, 5) is 0. The zero-order valence-electron chi connectivity index (χ0n) is 6.77. The molecule has 0 fully saturated rings. The highest BCUT2D eigenvalue weighted by atomic mass is 35.5. The summed E-state index contributed by atoms with van der Waals surface area (Å²) in [5, 5.41) is 1.43. The van der Waals surface area contributed by atoms with E-state index in [2.05, 4.69) is 13.8 Å². The average Bonchev–Trinajstić information content (AvgIpc) is 1.97. The minimum absolute atomic E-state index is 0.717.